The van der Waals surface area contributed by atoms with Gasteiger partial charge in [0.2, 0.25) is 0 Å². The molecule has 19 heavy (non-hydrogen) atoms. The van der Waals surface area contributed by atoms with Gasteiger partial charge in [0.25, 0.3) is 0 Å². The first-order valence-corrected chi connectivity index (χ1v) is 8.65. The molecule has 0 aliphatic carbocycles. The Morgan fingerprint density at radius 3 is 1.84 bits per heavy atom. The van der Waals surface area contributed by atoms with Gasteiger partial charge in [-0.2, -0.15) is 8.42 Å². The normalized spacial score (nSPS) is 12.3. The summed E-state index contributed by atoms with van der Waals surface area (Å²) in [5, 5.41) is 0. The van der Waals surface area contributed by atoms with Crippen LogP contribution >= 0.6 is 0 Å². The molecular weight excluding hydrogens is 288 g/mol. The fourth-order valence-electron chi connectivity index (χ4n) is 1.65. The third kappa shape index (κ3) is 2.53. The third-order valence-corrected chi connectivity index (χ3v) is 6.17. The molecular formula is C12H10O5S2. The first-order chi connectivity index (χ1) is 8.84. The van der Waals surface area contributed by atoms with Gasteiger partial charge in [0.1, 0.15) is 0 Å². The second kappa shape index (κ2) is 4.76. The lowest BCUT2D eigenvalue weighted by Gasteiger charge is -2.08. The average Bonchev–Trinajstić information content (AvgIpc) is 2.38. The maximum Gasteiger partial charge on any atom is 0.377 e. The Kier molecular flexibility index (Phi) is 3.44. The van der Waals surface area contributed by atoms with Crippen molar-refractivity contribution in [2.75, 3.05) is 0 Å². The fraction of sp³-hybridized carbons (Fsp3) is 0. The van der Waals surface area contributed by atoms with E-state index in [1.807, 2.05) is 0 Å². The summed E-state index contributed by atoms with van der Waals surface area (Å²) in [4.78, 5) is -0.441. The molecule has 2 aromatic rings. The number of rotatable bonds is 3. The van der Waals surface area contributed by atoms with Crippen molar-refractivity contribution in [3.63, 3.8) is 0 Å². The van der Waals surface area contributed by atoms with E-state index in [0.717, 1.165) is 6.07 Å². The summed E-state index contributed by atoms with van der Waals surface area (Å²) in [5.41, 5.74) is 0.769. The molecule has 0 aliphatic heterocycles. The molecule has 0 radical (unpaired) electrons. The lowest BCUT2D eigenvalue weighted by molar-refractivity contribution is 0.493. The van der Waals surface area contributed by atoms with Crippen LogP contribution in [0.2, 0.25) is 0 Å². The minimum absolute atomic E-state index is 0.223. The minimum Gasteiger partial charge on any atom is -0.273 e. The van der Waals surface area contributed by atoms with E-state index in [-0.39, 0.29) is 5.56 Å². The van der Waals surface area contributed by atoms with Crippen molar-refractivity contribution >= 4 is 18.0 Å². The number of benzene rings is 2. The topological polar surface area (TPSA) is 88.5 Å². The van der Waals surface area contributed by atoms with Crippen molar-refractivity contribution in [1.82, 2.24) is 0 Å². The smallest absolute Gasteiger partial charge is 0.273 e. The molecule has 100 valence electrons. The molecule has 0 saturated carbocycles. The molecule has 5 nitrogen and oxygen atoms in total. The van der Waals surface area contributed by atoms with Crippen LogP contribution in [0.1, 0.15) is 0 Å². The highest BCUT2D eigenvalue weighted by Crippen LogP contribution is 2.29. The summed E-state index contributed by atoms with van der Waals surface area (Å²) >= 11 is 0. The zero-order chi connectivity index (χ0) is 14.1. The summed E-state index contributed by atoms with van der Waals surface area (Å²) in [7, 11) is -10.0. The van der Waals surface area contributed by atoms with Gasteiger partial charge >= 0.3 is 18.0 Å². The Bertz CT molecular complexity index is 793. The lowest BCUT2D eigenvalue weighted by atomic mass is 10.1. The van der Waals surface area contributed by atoms with E-state index >= 15 is 0 Å². The SMILES string of the molecule is O=S(=O)(O)S(=O)(=O)c1ccccc1-c1ccccc1. The van der Waals surface area contributed by atoms with Crippen molar-refractivity contribution in [2.45, 2.75) is 4.90 Å². The maximum atomic E-state index is 11.8. The van der Waals surface area contributed by atoms with Crippen LogP contribution in [0.3, 0.4) is 0 Å². The second-order valence-corrected chi connectivity index (χ2v) is 8.53. The van der Waals surface area contributed by atoms with Crippen LogP contribution < -0.4 is 0 Å². The Labute approximate surface area is 110 Å². The molecule has 0 aliphatic rings. The van der Waals surface area contributed by atoms with E-state index in [4.69, 9.17) is 4.55 Å². The van der Waals surface area contributed by atoms with Crippen LogP contribution in [-0.4, -0.2) is 21.4 Å². The summed E-state index contributed by atoms with van der Waals surface area (Å²) < 4.78 is 54.5. The van der Waals surface area contributed by atoms with E-state index in [0.29, 0.717) is 5.56 Å². The van der Waals surface area contributed by atoms with Gasteiger partial charge in [-0.3, -0.25) is 4.55 Å². The molecule has 2 rings (SSSR count). The zero-order valence-electron chi connectivity index (χ0n) is 9.59. The monoisotopic (exact) mass is 298 g/mol. The highest BCUT2D eigenvalue weighted by atomic mass is 33.2. The van der Waals surface area contributed by atoms with Crippen molar-refractivity contribution in [2.24, 2.45) is 0 Å². The van der Waals surface area contributed by atoms with E-state index in [1.165, 1.54) is 12.1 Å². The molecule has 0 amide bonds. The van der Waals surface area contributed by atoms with Gasteiger partial charge in [0, 0.05) is 5.56 Å². The van der Waals surface area contributed by atoms with Gasteiger partial charge in [-0.15, -0.1) is 0 Å². The summed E-state index contributed by atoms with van der Waals surface area (Å²) in [6.07, 6.45) is 0. The molecule has 0 fully saturated rings. The quantitative estimate of drug-likeness (QED) is 0.691. The molecule has 0 saturated heterocycles. The Morgan fingerprint density at radius 1 is 0.737 bits per heavy atom. The molecule has 0 bridgehead atoms. The van der Waals surface area contributed by atoms with E-state index in [2.05, 4.69) is 0 Å². The molecule has 0 heterocycles. The van der Waals surface area contributed by atoms with Gasteiger partial charge in [0.15, 0.2) is 0 Å². The van der Waals surface area contributed by atoms with Crippen LogP contribution in [-0.2, 0) is 18.0 Å². The lowest BCUT2D eigenvalue weighted by Crippen LogP contribution is -2.15. The van der Waals surface area contributed by atoms with Crippen LogP contribution in [0.4, 0.5) is 0 Å². The first-order valence-electron chi connectivity index (χ1n) is 5.21. The van der Waals surface area contributed by atoms with E-state index in [1.54, 1.807) is 36.4 Å². The van der Waals surface area contributed by atoms with Crippen molar-refractivity contribution in [3.05, 3.63) is 54.6 Å². The minimum atomic E-state index is -5.21. The van der Waals surface area contributed by atoms with Crippen molar-refractivity contribution in [1.29, 1.82) is 0 Å². The molecule has 1 N–H and O–H groups in total. The van der Waals surface area contributed by atoms with Crippen LogP contribution in [0.15, 0.2) is 59.5 Å². The summed E-state index contributed by atoms with van der Waals surface area (Å²) in [5.74, 6) is 0. The number of hydrogen-bond acceptors (Lipinski definition) is 4. The van der Waals surface area contributed by atoms with Crippen LogP contribution in [0, 0.1) is 0 Å². The Balaban J connectivity index is 2.76. The van der Waals surface area contributed by atoms with Crippen LogP contribution in [0.5, 0.6) is 0 Å². The standard InChI is InChI=1S/C12H10O5S2/c13-18(14,19(15,16)17)12-9-5-4-8-11(12)10-6-2-1-3-7-10/h1-9H,(H,15,16,17). The highest BCUT2D eigenvalue weighted by molar-refractivity contribution is 8.65. The summed E-state index contributed by atoms with van der Waals surface area (Å²) in [6, 6.07) is 14.1. The van der Waals surface area contributed by atoms with Gasteiger partial charge in [-0.05, 0) is 11.6 Å². The molecule has 7 heteroatoms. The molecule has 2 aromatic carbocycles. The van der Waals surface area contributed by atoms with Crippen molar-refractivity contribution < 1.29 is 21.4 Å². The molecule has 0 atom stereocenters. The van der Waals surface area contributed by atoms with Gasteiger partial charge < -0.3 is 0 Å². The Morgan fingerprint density at radius 2 is 1.26 bits per heavy atom. The predicted octanol–water partition coefficient (Wildman–Crippen LogP) is 1.93. The predicted molar refractivity (Wildman–Crippen MR) is 70.6 cm³/mol. The van der Waals surface area contributed by atoms with Gasteiger partial charge in [-0.1, -0.05) is 48.5 Å². The maximum absolute atomic E-state index is 11.8. The third-order valence-electron chi connectivity index (χ3n) is 2.52. The second-order valence-electron chi connectivity index (χ2n) is 3.74. The molecule has 0 aromatic heterocycles. The average molecular weight is 298 g/mol. The Hall–Kier alpha value is -1.70. The zero-order valence-corrected chi connectivity index (χ0v) is 11.2. The van der Waals surface area contributed by atoms with Gasteiger partial charge in [-0.25, -0.2) is 8.42 Å². The van der Waals surface area contributed by atoms with Gasteiger partial charge in [0.05, 0.1) is 4.90 Å². The molecule has 0 spiro atoms. The van der Waals surface area contributed by atoms with E-state index < -0.39 is 22.9 Å². The van der Waals surface area contributed by atoms with Crippen LogP contribution in [0.25, 0.3) is 11.1 Å². The first kappa shape index (κ1) is 13.7. The largest absolute Gasteiger partial charge is 0.377 e. The van der Waals surface area contributed by atoms with Crippen molar-refractivity contribution in [3.8, 4) is 11.1 Å². The fourth-order valence-corrected chi connectivity index (χ4v) is 3.70. The molecule has 0 unspecified atom stereocenters. The highest BCUT2D eigenvalue weighted by Gasteiger charge is 2.31. The summed E-state index contributed by atoms with van der Waals surface area (Å²) in [6.45, 7) is 0. The number of hydrogen-bond donors (Lipinski definition) is 1. The van der Waals surface area contributed by atoms with E-state index in [9.17, 15) is 16.8 Å².